The lowest BCUT2D eigenvalue weighted by Gasteiger charge is -2.20. The van der Waals surface area contributed by atoms with Crippen LogP contribution >= 0.6 is 0 Å². The molecule has 2 N–H and O–H groups in total. The molecule has 0 spiro atoms. The van der Waals surface area contributed by atoms with E-state index in [-0.39, 0.29) is 6.04 Å². The molecule has 0 amide bonds. The van der Waals surface area contributed by atoms with Crippen LogP contribution in [0.4, 0.5) is 5.69 Å². The number of benzene rings is 2. The van der Waals surface area contributed by atoms with Gasteiger partial charge in [-0.15, -0.1) is 0 Å². The van der Waals surface area contributed by atoms with Gasteiger partial charge in [0.25, 0.3) is 0 Å². The number of rotatable bonds is 5. The fourth-order valence-electron chi connectivity index (χ4n) is 2.13. The van der Waals surface area contributed by atoms with Crippen LogP contribution in [0.1, 0.15) is 24.1 Å². The van der Waals surface area contributed by atoms with Crippen molar-refractivity contribution >= 4 is 5.69 Å². The van der Waals surface area contributed by atoms with Gasteiger partial charge in [-0.05, 0) is 42.3 Å². The summed E-state index contributed by atoms with van der Waals surface area (Å²) in [6.07, 6.45) is 0. The van der Waals surface area contributed by atoms with Crippen molar-refractivity contribution in [2.75, 3.05) is 19.1 Å². The topological polar surface area (TPSA) is 38.5 Å². The molecule has 2 rings (SSSR count). The van der Waals surface area contributed by atoms with Gasteiger partial charge < -0.3 is 15.4 Å². The molecule has 106 valence electrons. The minimum absolute atomic E-state index is 0.0796. The second-order valence-corrected chi connectivity index (χ2v) is 5.08. The summed E-state index contributed by atoms with van der Waals surface area (Å²) in [6, 6.07) is 16.6. The van der Waals surface area contributed by atoms with Gasteiger partial charge >= 0.3 is 0 Å². The van der Waals surface area contributed by atoms with Crippen molar-refractivity contribution in [3.8, 4) is 5.75 Å². The van der Waals surface area contributed by atoms with Gasteiger partial charge in [0.15, 0.2) is 0 Å². The molecule has 0 heterocycles. The van der Waals surface area contributed by atoms with Crippen LogP contribution in [0.15, 0.2) is 48.5 Å². The summed E-state index contributed by atoms with van der Waals surface area (Å²) >= 11 is 0. The van der Waals surface area contributed by atoms with E-state index in [1.807, 2.05) is 19.1 Å². The quantitative estimate of drug-likeness (QED) is 0.905. The van der Waals surface area contributed by atoms with Crippen LogP contribution in [0, 0.1) is 0 Å². The molecule has 0 unspecified atom stereocenters. The van der Waals surface area contributed by atoms with Gasteiger partial charge in [-0.1, -0.05) is 24.3 Å². The molecular weight excluding hydrogens is 248 g/mol. The Morgan fingerprint density at radius 2 is 1.65 bits per heavy atom. The summed E-state index contributed by atoms with van der Waals surface area (Å²) in [6.45, 7) is 2.86. The fraction of sp³-hybridized carbons (Fsp3) is 0.294. The molecule has 0 aromatic heterocycles. The van der Waals surface area contributed by atoms with Gasteiger partial charge in [0.2, 0.25) is 0 Å². The normalized spacial score (nSPS) is 12.0. The van der Waals surface area contributed by atoms with Crippen LogP contribution in [0.5, 0.6) is 5.75 Å². The zero-order valence-electron chi connectivity index (χ0n) is 12.3. The van der Waals surface area contributed by atoms with Crippen molar-refractivity contribution < 1.29 is 4.74 Å². The van der Waals surface area contributed by atoms with Crippen LogP contribution in [-0.2, 0) is 6.54 Å². The zero-order valence-corrected chi connectivity index (χ0v) is 12.3. The van der Waals surface area contributed by atoms with Crippen molar-refractivity contribution in [2.45, 2.75) is 19.5 Å². The third-order valence-corrected chi connectivity index (χ3v) is 3.44. The second-order valence-electron chi connectivity index (χ2n) is 5.08. The first-order valence-corrected chi connectivity index (χ1v) is 6.80. The molecule has 0 aliphatic rings. The van der Waals surface area contributed by atoms with Gasteiger partial charge in [-0.25, -0.2) is 0 Å². The van der Waals surface area contributed by atoms with E-state index in [0.29, 0.717) is 0 Å². The Balaban J connectivity index is 2.04. The van der Waals surface area contributed by atoms with Crippen molar-refractivity contribution in [1.82, 2.24) is 0 Å². The molecule has 3 nitrogen and oxygen atoms in total. The predicted octanol–water partition coefficient (Wildman–Crippen LogP) is 3.35. The first kappa shape index (κ1) is 14.4. The Labute approximate surface area is 121 Å². The predicted molar refractivity (Wildman–Crippen MR) is 84.1 cm³/mol. The maximum absolute atomic E-state index is 5.87. The molecule has 0 bridgehead atoms. The average Bonchev–Trinajstić information content (AvgIpc) is 2.48. The van der Waals surface area contributed by atoms with Crippen LogP contribution < -0.4 is 15.4 Å². The monoisotopic (exact) mass is 270 g/mol. The molecule has 0 aliphatic carbocycles. The molecule has 20 heavy (non-hydrogen) atoms. The van der Waals surface area contributed by atoms with Gasteiger partial charge in [0.05, 0.1) is 7.11 Å². The van der Waals surface area contributed by atoms with Crippen molar-refractivity contribution in [2.24, 2.45) is 5.73 Å². The van der Waals surface area contributed by atoms with Crippen LogP contribution in [0.25, 0.3) is 0 Å². The van der Waals surface area contributed by atoms with Crippen LogP contribution in [-0.4, -0.2) is 14.2 Å². The molecular formula is C17H22N2O. The van der Waals surface area contributed by atoms with E-state index < -0.39 is 0 Å². The maximum atomic E-state index is 5.87. The first-order chi connectivity index (χ1) is 9.60. The number of nitrogens with zero attached hydrogens (tertiary/aromatic N) is 1. The highest BCUT2D eigenvalue weighted by Crippen LogP contribution is 2.19. The SMILES string of the molecule is COc1ccc(CN(C)c2ccc([C@H](C)N)cc2)cc1. The average molecular weight is 270 g/mol. The van der Waals surface area contributed by atoms with Crippen molar-refractivity contribution in [3.63, 3.8) is 0 Å². The summed E-state index contributed by atoms with van der Waals surface area (Å²) in [5.74, 6) is 0.887. The lowest BCUT2D eigenvalue weighted by atomic mass is 10.1. The van der Waals surface area contributed by atoms with E-state index >= 15 is 0 Å². The third kappa shape index (κ3) is 3.52. The standard InChI is InChI=1S/C17H22N2O/c1-13(18)15-6-8-16(9-7-15)19(2)12-14-4-10-17(20-3)11-5-14/h4-11,13H,12,18H2,1-3H3/t13-/m0/s1. The summed E-state index contributed by atoms with van der Waals surface area (Å²) in [4.78, 5) is 2.22. The molecule has 3 heteroatoms. The van der Waals surface area contributed by atoms with Gasteiger partial charge in [-0.2, -0.15) is 0 Å². The first-order valence-electron chi connectivity index (χ1n) is 6.80. The Hall–Kier alpha value is -2.00. The smallest absolute Gasteiger partial charge is 0.118 e. The number of hydrogen-bond acceptors (Lipinski definition) is 3. The minimum atomic E-state index is 0.0796. The maximum Gasteiger partial charge on any atom is 0.118 e. The molecule has 0 radical (unpaired) electrons. The third-order valence-electron chi connectivity index (χ3n) is 3.44. The van der Waals surface area contributed by atoms with E-state index in [2.05, 4.69) is 48.3 Å². The molecule has 0 saturated heterocycles. The Morgan fingerprint density at radius 3 is 2.15 bits per heavy atom. The van der Waals surface area contributed by atoms with E-state index in [1.54, 1.807) is 7.11 Å². The number of methoxy groups -OCH3 is 1. The van der Waals surface area contributed by atoms with E-state index in [0.717, 1.165) is 17.9 Å². The lowest BCUT2D eigenvalue weighted by Crippen LogP contribution is -2.16. The highest BCUT2D eigenvalue weighted by atomic mass is 16.5. The summed E-state index contributed by atoms with van der Waals surface area (Å²) in [7, 11) is 3.77. The number of nitrogens with two attached hydrogens (primary N) is 1. The highest BCUT2D eigenvalue weighted by molar-refractivity contribution is 5.48. The molecule has 0 aliphatic heterocycles. The van der Waals surface area contributed by atoms with Gasteiger partial charge in [0, 0.05) is 25.3 Å². The summed E-state index contributed by atoms with van der Waals surface area (Å²) < 4.78 is 5.17. The Kier molecular flexibility index (Phi) is 4.64. The zero-order chi connectivity index (χ0) is 14.5. The molecule has 1 atom stereocenters. The Morgan fingerprint density at radius 1 is 1.05 bits per heavy atom. The van der Waals surface area contributed by atoms with Crippen molar-refractivity contribution in [1.29, 1.82) is 0 Å². The van der Waals surface area contributed by atoms with Gasteiger partial charge in [0.1, 0.15) is 5.75 Å². The summed E-state index contributed by atoms with van der Waals surface area (Å²) in [5, 5.41) is 0. The molecule has 0 fully saturated rings. The lowest BCUT2D eigenvalue weighted by molar-refractivity contribution is 0.414. The second kappa shape index (κ2) is 6.44. The van der Waals surface area contributed by atoms with Crippen LogP contribution in [0.3, 0.4) is 0 Å². The van der Waals surface area contributed by atoms with Gasteiger partial charge in [-0.3, -0.25) is 0 Å². The van der Waals surface area contributed by atoms with E-state index in [1.165, 1.54) is 11.3 Å². The number of hydrogen-bond donors (Lipinski definition) is 1. The van der Waals surface area contributed by atoms with E-state index in [9.17, 15) is 0 Å². The fourth-order valence-corrected chi connectivity index (χ4v) is 2.13. The number of anilines is 1. The molecule has 2 aromatic carbocycles. The number of ether oxygens (including phenoxy) is 1. The highest BCUT2D eigenvalue weighted by Gasteiger charge is 2.04. The molecule has 2 aromatic rings. The minimum Gasteiger partial charge on any atom is -0.497 e. The van der Waals surface area contributed by atoms with E-state index in [4.69, 9.17) is 10.5 Å². The molecule has 0 saturated carbocycles. The summed E-state index contributed by atoms with van der Waals surface area (Å²) in [5.41, 5.74) is 9.46. The Bertz CT molecular complexity index is 532. The van der Waals surface area contributed by atoms with Crippen LogP contribution in [0.2, 0.25) is 0 Å². The van der Waals surface area contributed by atoms with Crippen molar-refractivity contribution in [3.05, 3.63) is 59.7 Å². The largest absolute Gasteiger partial charge is 0.497 e.